The number of aromatic nitrogens is 4. The molecule has 0 N–H and O–H groups in total. The molecule has 0 spiro atoms. The van der Waals surface area contributed by atoms with E-state index in [0.29, 0.717) is 35.8 Å². The summed E-state index contributed by atoms with van der Waals surface area (Å²) in [5.74, 6) is 1.27. The number of fused-ring (bicyclic) bond motifs is 3. The molecule has 8 heteroatoms. The summed E-state index contributed by atoms with van der Waals surface area (Å²) in [5, 5.41) is 0.738. The van der Waals surface area contributed by atoms with Gasteiger partial charge in [-0.2, -0.15) is 0 Å². The number of morpholine rings is 1. The summed E-state index contributed by atoms with van der Waals surface area (Å²) >= 11 is 6.50. The molecule has 32 heavy (non-hydrogen) atoms. The van der Waals surface area contributed by atoms with Gasteiger partial charge in [0, 0.05) is 54.1 Å². The van der Waals surface area contributed by atoms with Gasteiger partial charge >= 0.3 is 0 Å². The van der Waals surface area contributed by atoms with E-state index in [0.717, 1.165) is 47.9 Å². The molecule has 6 nitrogen and oxygen atoms in total. The van der Waals surface area contributed by atoms with Crippen molar-refractivity contribution in [1.29, 1.82) is 0 Å². The van der Waals surface area contributed by atoms with Gasteiger partial charge in [-0.3, -0.25) is 0 Å². The van der Waals surface area contributed by atoms with Gasteiger partial charge in [0.15, 0.2) is 0 Å². The van der Waals surface area contributed by atoms with Gasteiger partial charge < -0.3 is 14.2 Å². The number of ether oxygens (including phenoxy) is 1. The predicted molar refractivity (Wildman–Crippen MR) is 122 cm³/mol. The quantitative estimate of drug-likeness (QED) is 0.455. The molecule has 2 aliphatic heterocycles. The van der Waals surface area contributed by atoms with Gasteiger partial charge in [-0.15, -0.1) is 0 Å². The van der Waals surface area contributed by atoms with Crippen LogP contribution in [-0.2, 0) is 11.2 Å². The van der Waals surface area contributed by atoms with Crippen LogP contribution in [0.15, 0.2) is 48.8 Å². The fourth-order valence-electron chi connectivity index (χ4n) is 4.73. The Bertz CT molecular complexity index is 1300. The van der Waals surface area contributed by atoms with Crippen LogP contribution in [0.2, 0.25) is 5.02 Å². The highest BCUT2D eigenvalue weighted by Gasteiger charge is 2.29. The van der Waals surface area contributed by atoms with Crippen molar-refractivity contribution in [2.24, 2.45) is 0 Å². The molecule has 0 bridgehead atoms. The van der Waals surface area contributed by atoms with Crippen molar-refractivity contribution in [3.05, 3.63) is 71.0 Å². The second kappa shape index (κ2) is 7.83. The van der Waals surface area contributed by atoms with Crippen LogP contribution in [0.3, 0.4) is 0 Å². The van der Waals surface area contributed by atoms with Crippen LogP contribution in [-0.4, -0.2) is 45.8 Å². The monoisotopic (exact) mass is 449 g/mol. The van der Waals surface area contributed by atoms with E-state index in [1.165, 1.54) is 6.07 Å². The van der Waals surface area contributed by atoms with Gasteiger partial charge in [0.2, 0.25) is 5.95 Å². The number of halogens is 2. The Hall–Kier alpha value is -3.03. The van der Waals surface area contributed by atoms with Crippen molar-refractivity contribution in [2.45, 2.75) is 18.9 Å². The molecule has 2 aliphatic rings. The maximum absolute atomic E-state index is 15.1. The van der Waals surface area contributed by atoms with Crippen molar-refractivity contribution in [2.75, 3.05) is 31.2 Å². The average molecular weight is 450 g/mol. The molecule has 6 rings (SSSR count). The van der Waals surface area contributed by atoms with E-state index in [1.54, 1.807) is 12.4 Å². The molecule has 0 unspecified atom stereocenters. The normalized spacial score (nSPS) is 18.3. The Morgan fingerprint density at radius 1 is 1.06 bits per heavy atom. The van der Waals surface area contributed by atoms with Gasteiger partial charge in [-0.05, 0) is 24.1 Å². The predicted octanol–water partition coefficient (Wildman–Crippen LogP) is 4.66. The Morgan fingerprint density at radius 3 is 2.62 bits per heavy atom. The minimum absolute atomic E-state index is 0.0851. The van der Waals surface area contributed by atoms with Gasteiger partial charge in [0.25, 0.3) is 0 Å². The van der Waals surface area contributed by atoms with E-state index in [4.69, 9.17) is 21.3 Å². The highest BCUT2D eigenvalue weighted by molar-refractivity contribution is 6.31. The zero-order chi connectivity index (χ0) is 21.7. The van der Waals surface area contributed by atoms with Crippen molar-refractivity contribution in [3.8, 4) is 11.1 Å². The third-order valence-electron chi connectivity index (χ3n) is 6.31. The molecule has 4 heterocycles. The van der Waals surface area contributed by atoms with E-state index in [-0.39, 0.29) is 11.9 Å². The SMILES string of the molecule is Fc1cc2nc3n(c2cc1-c1cnc(N2CCOCC2)nc1)[C@H](c1ccccc1Cl)CC3. The van der Waals surface area contributed by atoms with E-state index in [1.807, 2.05) is 24.3 Å². The third kappa shape index (κ3) is 3.24. The van der Waals surface area contributed by atoms with Crippen molar-refractivity contribution in [1.82, 2.24) is 19.5 Å². The summed E-state index contributed by atoms with van der Waals surface area (Å²) in [6.45, 7) is 2.83. The first-order valence-electron chi connectivity index (χ1n) is 10.8. The summed E-state index contributed by atoms with van der Waals surface area (Å²) in [7, 11) is 0. The van der Waals surface area contributed by atoms with Gasteiger partial charge in [0.05, 0.1) is 30.3 Å². The van der Waals surface area contributed by atoms with Gasteiger partial charge in [0.1, 0.15) is 11.6 Å². The Kier molecular flexibility index (Phi) is 4.81. The number of imidazole rings is 1. The highest BCUT2D eigenvalue weighted by atomic mass is 35.5. The first kappa shape index (κ1) is 19.6. The molecule has 0 aliphatic carbocycles. The first-order chi connectivity index (χ1) is 15.7. The zero-order valence-electron chi connectivity index (χ0n) is 17.3. The van der Waals surface area contributed by atoms with Crippen LogP contribution in [0.1, 0.15) is 23.9 Å². The molecular weight excluding hydrogens is 429 g/mol. The van der Waals surface area contributed by atoms with E-state index in [9.17, 15) is 0 Å². The lowest BCUT2D eigenvalue weighted by molar-refractivity contribution is 0.122. The number of anilines is 1. The molecule has 2 aromatic heterocycles. The average Bonchev–Trinajstić information content (AvgIpc) is 3.39. The minimum Gasteiger partial charge on any atom is -0.378 e. The molecular formula is C24H21ClFN5O. The number of nitrogens with zero attached hydrogens (tertiary/aromatic N) is 5. The van der Waals surface area contributed by atoms with E-state index < -0.39 is 0 Å². The maximum Gasteiger partial charge on any atom is 0.225 e. The maximum atomic E-state index is 15.1. The van der Waals surface area contributed by atoms with Crippen LogP contribution in [0.25, 0.3) is 22.2 Å². The van der Waals surface area contributed by atoms with Crippen LogP contribution < -0.4 is 4.90 Å². The molecule has 162 valence electrons. The van der Waals surface area contributed by atoms with Crippen molar-refractivity contribution >= 4 is 28.6 Å². The van der Waals surface area contributed by atoms with Crippen LogP contribution >= 0.6 is 11.6 Å². The molecule has 0 saturated carbocycles. The number of hydrogen-bond acceptors (Lipinski definition) is 5. The first-order valence-corrected chi connectivity index (χ1v) is 11.2. The molecule has 4 aromatic rings. The fraction of sp³-hybridized carbons (Fsp3) is 0.292. The lowest BCUT2D eigenvalue weighted by atomic mass is 10.0. The molecule has 0 amide bonds. The molecule has 1 saturated heterocycles. The van der Waals surface area contributed by atoms with Crippen molar-refractivity contribution < 1.29 is 9.13 Å². The second-order valence-corrected chi connectivity index (χ2v) is 8.57. The number of hydrogen-bond donors (Lipinski definition) is 0. The molecule has 2 aromatic carbocycles. The number of benzene rings is 2. The summed E-state index contributed by atoms with van der Waals surface area (Å²) in [6, 6.07) is 11.3. The molecule has 1 fully saturated rings. The highest BCUT2D eigenvalue weighted by Crippen LogP contribution is 2.39. The van der Waals surface area contributed by atoms with Crippen LogP contribution in [0.5, 0.6) is 0 Å². The molecule has 1 atom stereocenters. The third-order valence-corrected chi connectivity index (χ3v) is 6.66. The summed E-state index contributed by atoms with van der Waals surface area (Å²) < 4.78 is 22.6. The van der Waals surface area contributed by atoms with Crippen LogP contribution in [0.4, 0.5) is 10.3 Å². The number of aryl methyl sites for hydroxylation is 1. The lowest BCUT2D eigenvalue weighted by Gasteiger charge is -2.26. The molecule has 0 radical (unpaired) electrons. The van der Waals surface area contributed by atoms with E-state index >= 15 is 4.39 Å². The van der Waals surface area contributed by atoms with E-state index in [2.05, 4.69) is 25.5 Å². The fourth-order valence-corrected chi connectivity index (χ4v) is 4.99. The van der Waals surface area contributed by atoms with Crippen molar-refractivity contribution in [3.63, 3.8) is 0 Å². The number of rotatable bonds is 3. The zero-order valence-corrected chi connectivity index (χ0v) is 18.1. The summed E-state index contributed by atoms with van der Waals surface area (Å²) in [6.07, 6.45) is 5.13. The summed E-state index contributed by atoms with van der Waals surface area (Å²) in [4.78, 5) is 15.7. The largest absolute Gasteiger partial charge is 0.378 e. The van der Waals surface area contributed by atoms with Gasteiger partial charge in [-0.25, -0.2) is 19.3 Å². The Balaban J connectivity index is 1.41. The lowest BCUT2D eigenvalue weighted by Crippen LogP contribution is -2.37. The summed E-state index contributed by atoms with van der Waals surface area (Å²) in [5.41, 5.74) is 3.74. The second-order valence-electron chi connectivity index (χ2n) is 8.17. The smallest absolute Gasteiger partial charge is 0.225 e. The standard InChI is InChI=1S/C24H21ClFN5O/c25-18-4-2-1-3-16(18)21-5-6-23-29-20-12-19(26)17(11-22(20)31(21)23)15-13-27-24(28-14-15)30-7-9-32-10-8-30/h1-4,11-14,21H,5-10H2/t21-/m0/s1. The van der Waals surface area contributed by atoms with Crippen LogP contribution in [0, 0.1) is 5.82 Å². The Labute approximate surface area is 189 Å². The topological polar surface area (TPSA) is 56.1 Å². The Morgan fingerprint density at radius 2 is 1.84 bits per heavy atom. The van der Waals surface area contributed by atoms with Gasteiger partial charge in [-0.1, -0.05) is 29.8 Å². The minimum atomic E-state index is -0.328.